The van der Waals surface area contributed by atoms with E-state index in [1.54, 1.807) is 18.3 Å². The average Bonchev–Trinajstić information content (AvgIpc) is 2.89. The summed E-state index contributed by atoms with van der Waals surface area (Å²) in [5.41, 5.74) is 0.844. The molecule has 1 aliphatic heterocycles. The summed E-state index contributed by atoms with van der Waals surface area (Å²) in [5, 5.41) is 21.0. The van der Waals surface area contributed by atoms with Gasteiger partial charge in [0.25, 0.3) is 0 Å². The minimum absolute atomic E-state index is 0.103. The number of urea groups is 1. The standard InChI is InChI=1S/C19H25ClN4O2S2/c1-19(2)16(24(26)17(25)22-15-6-4-3-5-7-15)23(18(27)28-19)21-12-13-8-10-14(20)11-9-13/h8-12,15-16,26H,3-7H2,1-2H3,(H,22,25)/b21-12+. The number of nitrogens with zero attached hydrogens (tertiary/aromatic N) is 3. The van der Waals surface area contributed by atoms with Crippen LogP contribution in [-0.2, 0) is 0 Å². The molecule has 2 aliphatic rings. The van der Waals surface area contributed by atoms with E-state index < -0.39 is 16.9 Å². The Morgan fingerprint density at radius 3 is 2.64 bits per heavy atom. The Balaban J connectivity index is 1.75. The lowest BCUT2D eigenvalue weighted by Gasteiger charge is -2.35. The van der Waals surface area contributed by atoms with Gasteiger partial charge in [0.1, 0.15) is 0 Å². The van der Waals surface area contributed by atoms with E-state index in [2.05, 4.69) is 10.4 Å². The summed E-state index contributed by atoms with van der Waals surface area (Å²) in [7, 11) is 0. The molecule has 6 nitrogen and oxygen atoms in total. The molecule has 9 heteroatoms. The summed E-state index contributed by atoms with van der Waals surface area (Å²) < 4.78 is -0.0164. The smallest absolute Gasteiger partial charge is 0.333 e. The van der Waals surface area contributed by atoms with E-state index in [4.69, 9.17) is 23.8 Å². The number of rotatable bonds is 4. The Labute approximate surface area is 180 Å². The molecule has 152 valence electrons. The average molecular weight is 441 g/mol. The van der Waals surface area contributed by atoms with Gasteiger partial charge in [-0.1, -0.05) is 67.0 Å². The molecule has 1 saturated carbocycles. The van der Waals surface area contributed by atoms with Gasteiger partial charge in [0.05, 0.1) is 11.0 Å². The number of thioether (sulfide) groups is 1. The van der Waals surface area contributed by atoms with Crippen LogP contribution in [0.25, 0.3) is 0 Å². The summed E-state index contributed by atoms with van der Waals surface area (Å²) in [6, 6.07) is 6.82. The van der Waals surface area contributed by atoms with Gasteiger partial charge in [-0.25, -0.2) is 9.80 Å². The number of hydrazone groups is 1. The SMILES string of the molecule is CC1(C)SC(=S)N(/N=C/c2ccc(Cl)cc2)C1N(O)C(=O)NC1CCCCC1. The van der Waals surface area contributed by atoms with Crippen molar-refractivity contribution in [2.24, 2.45) is 5.10 Å². The van der Waals surface area contributed by atoms with Crippen molar-refractivity contribution in [3.05, 3.63) is 34.9 Å². The first-order chi connectivity index (χ1) is 13.3. The summed E-state index contributed by atoms with van der Waals surface area (Å²) in [6.07, 6.45) is 6.22. The van der Waals surface area contributed by atoms with E-state index in [-0.39, 0.29) is 6.04 Å². The highest BCUT2D eigenvalue weighted by molar-refractivity contribution is 8.24. The summed E-state index contributed by atoms with van der Waals surface area (Å²) in [6.45, 7) is 3.87. The Bertz CT molecular complexity index is 751. The zero-order valence-electron chi connectivity index (χ0n) is 16.0. The van der Waals surface area contributed by atoms with Crippen molar-refractivity contribution >= 4 is 52.1 Å². The molecule has 0 aromatic heterocycles. The van der Waals surface area contributed by atoms with Crippen molar-refractivity contribution < 1.29 is 10.0 Å². The van der Waals surface area contributed by atoms with E-state index in [9.17, 15) is 10.0 Å². The molecule has 1 aliphatic carbocycles. The first kappa shape index (κ1) is 21.4. The molecule has 3 rings (SSSR count). The van der Waals surface area contributed by atoms with Gasteiger partial charge in [0.15, 0.2) is 10.5 Å². The Kier molecular flexibility index (Phi) is 6.85. The molecule has 1 heterocycles. The van der Waals surface area contributed by atoms with Crippen molar-refractivity contribution in [2.75, 3.05) is 0 Å². The number of thiocarbonyl (C=S) groups is 1. The molecule has 2 N–H and O–H groups in total. The number of carbonyl (C=O) groups is 1. The zero-order valence-corrected chi connectivity index (χ0v) is 18.4. The normalized spacial score (nSPS) is 22.6. The highest BCUT2D eigenvalue weighted by Gasteiger charge is 2.50. The second-order valence-electron chi connectivity index (χ2n) is 7.61. The quantitative estimate of drug-likeness (QED) is 0.303. The fourth-order valence-corrected chi connectivity index (χ4v) is 5.42. The second kappa shape index (κ2) is 8.98. The largest absolute Gasteiger partial charge is 0.343 e. The highest BCUT2D eigenvalue weighted by atomic mass is 35.5. The van der Waals surface area contributed by atoms with Gasteiger partial charge < -0.3 is 5.32 Å². The first-order valence-electron chi connectivity index (χ1n) is 9.38. The number of amides is 2. The van der Waals surface area contributed by atoms with Crippen LogP contribution < -0.4 is 5.32 Å². The van der Waals surface area contributed by atoms with Crippen LogP contribution >= 0.6 is 35.6 Å². The van der Waals surface area contributed by atoms with Gasteiger partial charge in [-0.15, -0.1) is 0 Å². The second-order valence-corrected chi connectivity index (χ2v) is 10.3. The van der Waals surface area contributed by atoms with Gasteiger partial charge in [-0.05, 0) is 44.4 Å². The van der Waals surface area contributed by atoms with Crippen LogP contribution in [0.5, 0.6) is 0 Å². The molecule has 0 radical (unpaired) electrons. The van der Waals surface area contributed by atoms with Gasteiger partial charge in [0, 0.05) is 11.1 Å². The van der Waals surface area contributed by atoms with Gasteiger partial charge in [-0.3, -0.25) is 5.21 Å². The molecule has 1 saturated heterocycles. The molecule has 1 atom stereocenters. The predicted octanol–water partition coefficient (Wildman–Crippen LogP) is 4.85. The Morgan fingerprint density at radius 1 is 1.36 bits per heavy atom. The monoisotopic (exact) mass is 440 g/mol. The number of benzene rings is 1. The van der Waals surface area contributed by atoms with E-state index in [0.717, 1.165) is 36.3 Å². The van der Waals surface area contributed by atoms with Gasteiger partial charge in [0.2, 0.25) is 0 Å². The molecule has 1 unspecified atom stereocenters. The number of nitrogens with one attached hydrogen (secondary N) is 1. The molecule has 1 aromatic carbocycles. The lowest BCUT2D eigenvalue weighted by Crippen LogP contribution is -2.57. The fraction of sp³-hybridized carbons (Fsp3) is 0.526. The summed E-state index contributed by atoms with van der Waals surface area (Å²) >= 11 is 12.8. The van der Waals surface area contributed by atoms with Crippen LogP contribution in [0.3, 0.4) is 0 Å². The molecular formula is C19H25ClN4O2S2. The molecule has 0 bridgehead atoms. The zero-order chi connectivity index (χ0) is 20.3. The molecule has 2 amide bonds. The predicted molar refractivity (Wildman–Crippen MR) is 118 cm³/mol. The van der Waals surface area contributed by atoms with Crippen molar-refractivity contribution in [1.29, 1.82) is 0 Å². The van der Waals surface area contributed by atoms with E-state index >= 15 is 0 Å². The van der Waals surface area contributed by atoms with Gasteiger partial charge >= 0.3 is 6.03 Å². The highest BCUT2D eigenvalue weighted by Crippen LogP contribution is 2.42. The van der Waals surface area contributed by atoms with Gasteiger partial charge in [-0.2, -0.15) is 10.2 Å². The van der Waals surface area contributed by atoms with E-state index in [1.165, 1.54) is 23.2 Å². The van der Waals surface area contributed by atoms with E-state index in [0.29, 0.717) is 9.34 Å². The summed E-state index contributed by atoms with van der Waals surface area (Å²) in [5.74, 6) is 0. The van der Waals surface area contributed by atoms with Crippen LogP contribution in [0.15, 0.2) is 29.4 Å². The Morgan fingerprint density at radius 2 is 2.00 bits per heavy atom. The topological polar surface area (TPSA) is 68.2 Å². The lowest BCUT2D eigenvalue weighted by molar-refractivity contribution is -0.119. The minimum atomic E-state index is -0.711. The van der Waals surface area contributed by atoms with Crippen molar-refractivity contribution in [1.82, 2.24) is 15.4 Å². The number of hydrogen-bond donors (Lipinski definition) is 2. The maximum Gasteiger partial charge on any atom is 0.343 e. The fourth-order valence-electron chi connectivity index (χ4n) is 3.50. The van der Waals surface area contributed by atoms with Crippen molar-refractivity contribution in [2.45, 2.75) is 62.9 Å². The Hall–Kier alpha value is -1.35. The maximum absolute atomic E-state index is 12.7. The molecular weight excluding hydrogens is 416 g/mol. The summed E-state index contributed by atoms with van der Waals surface area (Å²) in [4.78, 5) is 12.7. The molecule has 1 aromatic rings. The minimum Gasteiger partial charge on any atom is -0.333 e. The number of hydrogen-bond acceptors (Lipinski definition) is 5. The third-order valence-corrected chi connectivity index (χ3v) is 6.75. The van der Waals surface area contributed by atoms with Crippen LogP contribution in [0, 0.1) is 0 Å². The van der Waals surface area contributed by atoms with Crippen LogP contribution in [0.4, 0.5) is 4.79 Å². The van der Waals surface area contributed by atoms with Crippen LogP contribution in [0.1, 0.15) is 51.5 Å². The molecule has 0 spiro atoms. The first-order valence-corrected chi connectivity index (χ1v) is 11.0. The maximum atomic E-state index is 12.7. The van der Waals surface area contributed by atoms with Crippen LogP contribution in [-0.4, -0.2) is 48.8 Å². The molecule has 2 fully saturated rings. The van der Waals surface area contributed by atoms with Crippen molar-refractivity contribution in [3.8, 4) is 0 Å². The van der Waals surface area contributed by atoms with Crippen molar-refractivity contribution in [3.63, 3.8) is 0 Å². The third-order valence-electron chi connectivity index (χ3n) is 4.96. The van der Waals surface area contributed by atoms with E-state index in [1.807, 2.05) is 26.0 Å². The molecule has 28 heavy (non-hydrogen) atoms. The lowest BCUT2D eigenvalue weighted by atomic mass is 9.96. The number of halogens is 1. The van der Waals surface area contributed by atoms with Crippen LogP contribution in [0.2, 0.25) is 5.02 Å². The number of hydroxylamine groups is 2. The third kappa shape index (κ3) is 4.97. The number of carbonyl (C=O) groups excluding carboxylic acids is 1.